The Labute approximate surface area is 132 Å². The molecular formula is C12H15N5O2S2. The number of nitrogens with two attached hydrogens (primary N) is 2. The molecule has 1 atom stereocenters. The SMILES string of the molecule is NC(=S)N1CCN(C(N)=S)C(c2ccc([N+](=O)[O-])cc2)C1. The van der Waals surface area contributed by atoms with Gasteiger partial charge in [-0.15, -0.1) is 0 Å². The van der Waals surface area contributed by atoms with Crippen molar-refractivity contribution >= 4 is 40.3 Å². The fourth-order valence-corrected chi connectivity index (χ4v) is 2.73. The predicted molar refractivity (Wildman–Crippen MR) is 87.7 cm³/mol. The third-order valence-electron chi connectivity index (χ3n) is 3.46. The Morgan fingerprint density at radius 2 is 1.81 bits per heavy atom. The number of nitro groups is 1. The lowest BCUT2D eigenvalue weighted by Gasteiger charge is -2.42. The first-order chi connectivity index (χ1) is 9.90. The second-order valence-corrected chi connectivity index (χ2v) is 5.52. The van der Waals surface area contributed by atoms with Gasteiger partial charge in [-0.25, -0.2) is 0 Å². The van der Waals surface area contributed by atoms with E-state index in [-0.39, 0.29) is 11.7 Å². The van der Waals surface area contributed by atoms with Gasteiger partial charge in [-0.3, -0.25) is 10.1 Å². The zero-order valence-electron chi connectivity index (χ0n) is 11.1. The Bertz CT molecular complexity index is 578. The zero-order valence-corrected chi connectivity index (χ0v) is 12.8. The number of piperazine rings is 1. The number of rotatable bonds is 2. The highest BCUT2D eigenvalue weighted by molar-refractivity contribution is 7.80. The van der Waals surface area contributed by atoms with Crippen molar-refractivity contribution < 1.29 is 4.92 Å². The molecule has 1 fully saturated rings. The highest BCUT2D eigenvalue weighted by atomic mass is 32.1. The van der Waals surface area contributed by atoms with E-state index in [4.69, 9.17) is 35.9 Å². The van der Waals surface area contributed by atoms with Crippen molar-refractivity contribution in [1.82, 2.24) is 9.80 Å². The third-order valence-corrected chi connectivity index (χ3v) is 3.96. The third kappa shape index (κ3) is 3.37. The molecule has 0 aliphatic carbocycles. The van der Waals surface area contributed by atoms with Crippen molar-refractivity contribution in [3.63, 3.8) is 0 Å². The number of non-ortho nitro benzene ring substituents is 1. The van der Waals surface area contributed by atoms with Gasteiger partial charge < -0.3 is 21.3 Å². The van der Waals surface area contributed by atoms with Crippen molar-refractivity contribution in [2.45, 2.75) is 6.04 Å². The molecule has 7 nitrogen and oxygen atoms in total. The highest BCUT2D eigenvalue weighted by Crippen LogP contribution is 2.26. The van der Waals surface area contributed by atoms with Crippen LogP contribution in [0.2, 0.25) is 0 Å². The summed E-state index contributed by atoms with van der Waals surface area (Å²) in [7, 11) is 0. The summed E-state index contributed by atoms with van der Waals surface area (Å²) in [5.41, 5.74) is 12.4. The summed E-state index contributed by atoms with van der Waals surface area (Å²) in [6.07, 6.45) is 0. The van der Waals surface area contributed by atoms with Crippen molar-refractivity contribution in [2.24, 2.45) is 11.5 Å². The van der Waals surface area contributed by atoms with Crippen LogP contribution in [0.5, 0.6) is 0 Å². The smallest absolute Gasteiger partial charge is 0.269 e. The lowest BCUT2D eigenvalue weighted by atomic mass is 10.0. The lowest BCUT2D eigenvalue weighted by molar-refractivity contribution is -0.384. The van der Waals surface area contributed by atoms with Crippen LogP contribution in [0.4, 0.5) is 5.69 Å². The fraction of sp³-hybridized carbons (Fsp3) is 0.333. The van der Waals surface area contributed by atoms with Gasteiger partial charge in [0.25, 0.3) is 5.69 Å². The molecule has 1 aliphatic rings. The number of nitrogens with zero attached hydrogens (tertiary/aromatic N) is 3. The van der Waals surface area contributed by atoms with Crippen LogP contribution in [0.15, 0.2) is 24.3 Å². The predicted octanol–water partition coefficient (Wildman–Crippen LogP) is 0.741. The second kappa shape index (κ2) is 6.19. The average molecular weight is 325 g/mol. The first kappa shape index (κ1) is 15.4. The molecule has 0 spiro atoms. The van der Waals surface area contributed by atoms with E-state index < -0.39 is 4.92 Å². The van der Waals surface area contributed by atoms with E-state index in [1.54, 1.807) is 12.1 Å². The van der Waals surface area contributed by atoms with E-state index in [0.29, 0.717) is 29.9 Å². The van der Waals surface area contributed by atoms with Crippen LogP contribution in [0.1, 0.15) is 11.6 Å². The van der Waals surface area contributed by atoms with E-state index in [9.17, 15) is 10.1 Å². The maximum atomic E-state index is 10.7. The molecule has 2 rings (SSSR count). The van der Waals surface area contributed by atoms with E-state index >= 15 is 0 Å². The largest absolute Gasteiger partial charge is 0.376 e. The molecule has 112 valence electrons. The molecular weight excluding hydrogens is 310 g/mol. The number of hydrogen-bond acceptors (Lipinski definition) is 4. The number of hydrogen-bond donors (Lipinski definition) is 2. The van der Waals surface area contributed by atoms with E-state index in [0.717, 1.165) is 5.56 Å². The van der Waals surface area contributed by atoms with Gasteiger partial charge >= 0.3 is 0 Å². The molecule has 0 amide bonds. The van der Waals surface area contributed by atoms with Crippen LogP contribution in [0.25, 0.3) is 0 Å². The van der Waals surface area contributed by atoms with E-state index in [1.807, 2.05) is 9.80 Å². The Balaban J connectivity index is 2.28. The first-order valence-corrected chi connectivity index (χ1v) is 7.06. The summed E-state index contributed by atoms with van der Waals surface area (Å²) in [6.45, 7) is 1.80. The van der Waals surface area contributed by atoms with Crippen LogP contribution >= 0.6 is 24.4 Å². The van der Waals surface area contributed by atoms with Crippen molar-refractivity contribution in [3.05, 3.63) is 39.9 Å². The van der Waals surface area contributed by atoms with Crippen molar-refractivity contribution in [2.75, 3.05) is 19.6 Å². The summed E-state index contributed by atoms with van der Waals surface area (Å²) >= 11 is 10.1. The first-order valence-electron chi connectivity index (χ1n) is 6.25. The van der Waals surface area contributed by atoms with Crippen LogP contribution in [0.3, 0.4) is 0 Å². The van der Waals surface area contributed by atoms with Gasteiger partial charge in [0, 0.05) is 31.8 Å². The fourth-order valence-electron chi connectivity index (χ4n) is 2.35. The number of thiocarbonyl (C=S) groups is 2. The summed E-state index contributed by atoms with van der Waals surface area (Å²) in [4.78, 5) is 14.0. The van der Waals surface area contributed by atoms with Crippen LogP contribution in [-0.4, -0.2) is 44.6 Å². The van der Waals surface area contributed by atoms with E-state index in [2.05, 4.69) is 0 Å². The molecule has 9 heteroatoms. The molecule has 1 aromatic carbocycles. The van der Waals surface area contributed by atoms with Crippen LogP contribution in [-0.2, 0) is 0 Å². The second-order valence-electron chi connectivity index (χ2n) is 4.68. The summed E-state index contributed by atoms with van der Waals surface area (Å²) in [6, 6.07) is 6.21. The summed E-state index contributed by atoms with van der Waals surface area (Å²) in [5, 5.41) is 11.3. The minimum atomic E-state index is -0.433. The van der Waals surface area contributed by atoms with Gasteiger partial charge in [-0.1, -0.05) is 12.1 Å². The van der Waals surface area contributed by atoms with Crippen molar-refractivity contribution in [3.8, 4) is 0 Å². The zero-order chi connectivity index (χ0) is 15.6. The monoisotopic (exact) mass is 325 g/mol. The molecule has 1 heterocycles. The lowest BCUT2D eigenvalue weighted by Crippen LogP contribution is -2.54. The van der Waals surface area contributed by atoms with E-state index in [1.165, 1.54) is 12.1 Å². The molecule has 1 unspecified atom stereocenters. The Morgan fingerprint density at radius 1 is 1.19 bits per heavy atom. The average Bonchev–Trinajstić information content (AvgIpc) is 2.46. The normalized spacial score (nSPS) is 18.4. The summed E-state index contributed by atoms with van der Waals surface area (Å²) in [5.74, 6) is 0. The molecule has 4 N–H and O–H groups in total. The number of nitro benzene ring substituents is 1. The molecule has 21 heavy (non-hydrogen) atoms. The van der Waals surface area contributed by atoms with Crippen LogP contribution < -0.4 is 11.5 Å². The summed E-state index contributed by atoms with van der Waals surface area (Å²) < 4.78 is 0. The van der Waals surface area contributed by atoms with Gasteiger partial charge in [0.2, 0.25) is 0 Å². The van der Waals surface area contributed by atoms with Gasteiger partial charge in [0.1, 0.15) is 0 Å². The standard InChI is InChI=1S/C12H15N5O2S2/c13-11(20)15-5-6-16(12(14)21)10(7-15)8-1-3-9(4-2-8)17(18)19/h1-4,10H,5-7H2,(H2,13,20)(H2,14,21). The Morgan fingerprint density at radius 3 is 2.29 bits per heavy atom. The maximum absolute atomic E-state index is 10.7. The highest BCUT2D eigenvalue weighted by Gasteiger charge is 2.29. The Hall–Kier alpha value is -2.00. The Kier molecular flexibility index (Phi) is 4.53. The molecule has 1 saturated heterocycles. The molecule has 1 aliphatic heterocycles. The number of benzene rings is 1. The minimum Gasteiger partial charge on any atom is -0.376 e. The topological polar surface area (TPSA) is 102 Å². The molecule has 1 aromatic rings. The molecule has 0 radical (unpaired) electrons. The molecule has 0 saturated carbocycles. The van der Waals surface area contributed by atoms with Gasteiger partial charge in [0.15, 0.2) is 10.2 Å². The quantitative estimate of drug-likeness (QED) is 0.466. The van der Waals surface area contributed by atoms with Crippen LogP contribution in [0, 0.1) is 10.1 Å². The minimum absolute atomic E-state index is 0.0441. The van der Waals surface area contributed by atoms with Gasteiger partial charge in [0.05, 0.1) is 11.0 Å². The molecule has 0 aromatic heterocycles. The maximum Gasteiger partial charge on any atom is 0.269 e. The van der Waals surface area contributed by atoms with Crippen molar-refractivity contribution in [1.29, 1.82) is 0 Å². The van der Waals surface area contributed by atoms with Gasteiger partial charge in [-0.05, 0) is 30.0 Å². The van der Waals surface area contributed by atoms with Gasteiger partial charge in [-0.2, -0.15) is 0 Å². The molecule has 0 bridgehead atoms.